The zero-order valence-electron chi connectivity index (χ0n) is 18.3. The van der Waals surface area contributed by atoms with E-state index in [-0.39, 0.29) is 22.3 Å². The number of benzene rings is 3. The summed E-state index contributed by atoms with van der Waals surface area (Å²) in [5, 5.41) is 0.112. The Hall–Kier alpha value is -3.93. The first-order valence-corrected chi connectivity index (χ1v) is 10.9. The fourth-order valence-corrected chi connectivity index (χ4v) is 4.33. The number of carbonyl (C=O) groups excluding carboxylic acids is 1. The maximum atomic E-state index is 13.9. The first-order chi connectivity index (χ1) is 16.0. The number of hydrogen-bond donors (Lipinski definition) is 0. The zero-order chi connectivity index (χ0) is 23.1. The number of anilines is 1. The highest BCUT2D eigenvalue weighted by molar-refractivity contribution is 6.10. The van der Waals surface area contributed by atoms with Gasteiger partial charge in [-0.15, -0.1) is 0 Å². The van der Waals surface area contributed by atoms with Gasteiger partial charge in [-0.2, -0.15) is 0 Å². The van der Waals surface area contributed by atoms with Gasteiger partial charge in [0.2, 0.25) is 5.76 Å². The number of amides is 1. The van der Waals surface area contributed by atoms with Crippen LogP contribution < -0.4 is 15.1 Å². The summed E-state index contributed by atoms with van der Waals surface area (Å²) < 4.78 is 25.3. The van der Waals surface area contributed by atoms with E-state index in [2.05, 4.69) is 6.92 Å². The second-order valence-electron chi connectivity index (χ2n) is 7.91. The van der Waals surface area contributed by atoms with Crippen molar-refractivity contribution >= 4 is 22.6 Å². The maximum Gasteiger partial charge on any atom is 0.295 e. The summed E-state index contributed by atoms with van der Waals surface area (Å²) in [6.45, 7) is 4.49. The minimum Gasteiger partial charge on any atom is -0.494 e. The molecule has 5 rings (SSSR count). The molecule has 5 nitrogen and oxygen atoms in total. The van der Waals surface area contributed by atoms with Gasteiger partial charge >= 0.3 is 0 Å². The number of fused-ring (bicyclic) bond motifs is 2. The lowest BCUT2D eigenvalue weighted by molar-refractivity contribution is 0.0971. The first-order valence-electron chi connectivity index (χ1n) is 10.9. The zero-order valence-corrected chi connectivity index (χ0v) is 18.3. The number of nitrogens with zero attached hydrogens (tertiary/aromatic N) is 1. The maximum absolute atomic E-state index is 13.9. The molecule has 1 aliphatic rings. The van der Waals surface area contributed by atoms with Crippen LogP contribution in [0.2, 0.25) is 0 Å². The predicted octanol–water partition coefficient (Wildman–Crippen LogP) is 5.64. The van der Waals surface area contributed by atoms with E-state index in [9.17, 15) is 14.0 Å². The smallest absolute Gasteiger partial charge is 0.295 e. The summed E-state index contributed by atoms with van der Waals surface area (Å²) in [6, 6.07) is 18.0. The van der Waals surface area contributed by atoms with Crippen LogP contribution in [-0.4, -0.2) is 12.5 Å². The van der Waals surface area contributed by atoms with Crippen LogP contribution in [0.3, 0.4) is 0 Å². The van der Waals surface area contributed by atoms with Crippen molar-refractivity contribution in [3.05, 3.63) is 105 Å². The van der Waals surface area contributed by atoms with Crippen molar-refractivity contribution in [2.45, 2.75) is 26.3 Å². The highest BCUT2D eigenvalue weighted by atomic mass is 19.1. The Bertz CT molecular complexity index is 1410. The van der Waals surface area contributed by atoms with Crippen LogP contribution in [0.15, 0.2) is 75.9 Å². The van der Waals surface area contributed by atoms with Gasteiger partial charge in [-0.05, 0) is 66.9 Å². The molecule has 6 heteroatoms. The van der Waals surface area contributed by atoms with E-state index in [4.69, 9.17) is 9.15 Å². The predicted molar refractivity (Wildman–Crippen MR) is 125 cm³/mol. The molecule has 0 radical (unpaired) electrons. The van der Waals surface area contributed by atoms with E-state index in [0.29, 0.717) is 18.0 Å². The summed E-state index contributed by atoms with van der Waals surface area (Å²) in [4.78, 5) is 28.6. The minimum atomic E-state index is -0.709. The van der Waals surface area contributed by atoms with E-state index in [0.717, 1.165) is 23.6 Å². The molecular weight excluding hydrogens is 421 g/mol. The molecule has 0 bridgehead atoms. The Balaban J connectivity index is 1.74. The van der Waals surface area contributed by atoms with Gasteiger partial charge in [-0.25, -0.2) is 4.39 Å². The van der Waals surface area contributed by atoms with Gasteiger partial charge in [0.15, 0.2) is 5.43 Å². The van der Waals surface area contributed by atoms with Gasteiger partial charge < -0.3 is 9.15 Å². The van der Waals surface area contributed by atoms with Gasteiger partial charge in [0, 0.05) is 5.69 Å². The van der Waals surface area contributed by atoms with Crippen molar-refractivity contribution in [3.63, 3.8) is 0 Å². The topological polar surface area (TPSA) is 59.8 Å². The Labute approximate surface area is 190 Å². The van der Waals surface area contributed by atoms with Crippen molar-refractivity contribution in [1.82, 2.24) is 0 Å². The molecule has 1 atom stereocenters. The molecule has 33 heavy (non-hydrogen) atoms. The Morgan fingerprint density at radius 1 is 0.970 bits per heavy atom. The number of ether oxygens (including phenoxy) is 1. The lowest BCUT2D eigenvalue weighted by Gasteiger charge is -2.25. The molecule has 1 aromatic heterocycles. The van der Waals surface area contributed by atoms with E-state index in [1.165, 1.54) is 12.1 Å². The number of halogens is 1. The van der Waals surface area contributed by atoms with E-state index in [1.807, 2.05) is 55.5 Å². The summed E-state index contributed by atoms with van der Waals surface area (Å²) in [7, 11) is 0. The molecule has 0 saturated heterocycles. The molecule has 3 aromatic carbocycles. The van der Waals surface area contributed by atoms with Crippen LogP contribution >= 0.6 is 0 Å². The lowest BCUT2D eigenvalue weighted by Crippen LogP contribution is -2.29. The molecule has 166 valence electrons. The normalized spacial score (nSPS) is 15.2. The van der Waals surface area contributed by atoms with Crippen LogP contribution in [0.5, 0.6) is 5.75 Å². The number of aryl methyl sites for hydroxylation is 1. The van der Waals surface area contributed by atoms with E-state index in [1.54, 1.807) is 4.90 Å². The summed E-state index contributed by atoms with van der Waals surface area (Å²) in [5.74, 6) is -0.269. The molecule has 0 spiro atoms. The SMILES string of the molecule is CCOc1ccc(C2c3c(oc4ccc(F)cc4c3=O)C(=O)N2c2ccc(CC)cc2)cc1. The molecule has 0 N–H and O–H groups in total. The van der Waals surface area contributed by atoms with Crippen LogP contribution in [0.1, 0.15) is 47.1 Å². The summed E-state index contributed by atoms with van der Waals surface area (Å²) in [5.41, 5.74) is 2.50. The monoisotopic (exact) mass is 443 g/mol. The highest BCUT2D eigenvalue weighted by Crippen LogP contribution is 2.41. The van der Waals surface area contributed by atoms with Gasteiger partial charge in [-0.1, -0.05) is 31.2 Å². The molecule has 1 aliphatic heterocycles. The van der Waals surface area contributed by atoms with Crippen LogP contribution in [0.25, 0.3) is 11.0 Å². The van der Waals surface area contributed by atoms with Gasteiger partial charge in [0.05, 0.1) is 23.6 Å². The average Bonchev–Trinajstić information content (AvgIpc) is 3.13. The molecular formula is C27H22FNO4. The lowest BCUT2D eigenvalue weighted by atomic mass is 9.98. The Morgan fingerprint density at radius 2 is 1.70 bits per heavy atom. The molecule has 1 unspecified atom stereocenters. The number of rotatable bonds is 5. The quantitative estimate of drug-likeness (QED) is 0.400. The highest BCUT2D eigenvalue weighted by Gasteiger charge is 2.43. The summed E-state index contributed by atoms with van der Waals surface area (Å²) >= 11 is 0. The molecule has 0 saturated carbocycles. The summed E-state index contributed by atoms with van der Waals surface area (Å²) in [6.07, 6.45) is 0.869. The Kier molecular flexibility index (Phi) is 5.21. The molecule has 2 heterocycles. The third-order valence-electron chi connectivity index (χ3n) is 5.96. The third kappa shape index (κ3) is 3.48. The third-order valence-corrected chi connectivity index (χ3v) is 5.96. The standard InChI is InChI=1S/C27H22FNO4/c1-3-16-5-10-19(11-6-16)29-24(17-7-12-20(13-8-17)32-4-2)23-25(30)21-15-18(28)9-14-22(21)33-26(23)27(29)31/h5-15,24H,3-4H2,1-2H3. The largest absolute Gasteiger partial charge is 0.494 e. The van der Waals surface area contributed by atoms with Crippen molar-refractivity contribution in [2.24, 2.45) is 0 Å². The molecule has 0 fully saturated rings. The number of hydrogen-bond acceptors (Lipinski definition) is 4. The fraction of sp³-hybridized carbons (Fsp3) is 0.185. The van der Waals surface area contributed by atoms with Crippen LogP contribution in [-0.2, 0) is 6.42 Å². The van der Waals surface area contributed by atoms with E-state index >= 15 is 0 Å². The molecule has 0 aliphatic carbocycles. The molecule has 1 amide bonds. The minimum absolute atomic E-state index is 0.0161. The van der Waals surface area contributed by atoms with Crippen LogP contribution in [0.4, 0.5) is 10.1 Å². The second-order valence-corrected chi connectivity index (χ2v) is 7.91. The number of carbonyl (C=O) groups is 1. The van der Waals surface area contributed by atoms with Crippen molar-refractivity contribution in [1.29, 1.82) is 0 Å². The van der Waals surface area contributed by atoms with Gasteiger partial charge in [0.25, 0.3) is 5.91 Å². The second kappa shape index (κ2) is 8.20. The average molecular weight is 443 g/mol. The van der Waals surface area contributed by atoms with Gasteiger partial charge in [0.1, 0.15) is 17.1 Å². The van der Waals surface area contributed by atoms with Crippen molar-refractivity contribution < 1.29 is 18.3 Å². The molecule has 4 aromatic rings. The van der Waals surface area contributed by atoms with Crippen molar-refractivity contribution in [2.75, 3.05) is 11.5 Å². The first kappa shape index (κ1) is 20.9. The van der Waals surface area contributed by atoms with Gasteiger partial charge in [-0.3, -0.25) is 14.5 Å². The Morgan fingerprint density at radius 3 is 2.36 bits per heavy atom. The fourth-order valence-electron chi connectivity index (χ4n) is 4.33. The van der Waals surface area contributed by atoms with E-state index < -0.39 is 23.2 Å². The van der Waals surface area contributed by atoms with Crippen molar-refractivity contribution in [3.8, 4) is 5.75 Å². The van der Waals surface area contributed by atoms with Crippen LogP contribution in [0, 0.1) is 5.82 Å².